The highest BCUT2D eigenvalue weighted by atomic mass is 16.5. The third-order valence-electron chi connectivity index (χ3n) is 5.47. The molecule has 1 amide bonds. The van der Waals surface area contributed by atoms with E-state index in [1.807, 2.05) is 24.3 Å². The fraction of sp³-hybridized carbons (Fsp3) is 0.208. The number of fused-ring (bicyclic) bond motifs is 3. The molecule has 0 saturated heterocycles. The monoisotopic (exact) mass is 484 g/mol. The van der Waals surface area contributed by atoms with Crippen LogP contribution in [0.3, 0.4) is 0 Å². The first-order chi connectivity index (χ1) is 17.5. The van der Waals surface area contributed by atoms with Gasteiger partial charge in [0.1, 0.15) is 6.61 Å². The molecule has 0 radical (unpaired) electrons. The van der Waals surface area contributed by atoms with Gasteiger partial charge in [-0.05, 0) is 25.1 Å². The van der Waals surface area contributed by atoms with Crippen LogP contribution in [0, 0.1) is 18.3 Å². The van der Waals surface area contributed by atoms with Crippen LogP contribution >= 0.6 is 0 Å². The number of hydrogen-bond acceptors (Lipinski definition) is 10. The number of amides is 1. The summed E-state index contributed by atoms with van der Waals surface area (Å²) in [7, 11) is 0. The number of carbonyl (C=O) groups is 1. The standard InChI is InChI=1S/C24H20N8O4/c1-13(11-33)26-23(34)15-7-8-16(17(9-15)10-25)12-35-24-19-6-4-3-5-18(19)21-28-29-22(32(21)30-24)20-27-14(2)36-31-20/h3-9,13,33H,11-12H2,1-2H3,(H,26,34)/t13-/m1/s1. The number of aliphatic hydroxyl groups excluding tert-OH is 1. The van der Waals surface area contributed by atoms with Crippen LogP contribution in [0.15, 0.2) is 47.0 Å². The largest absolute Gasteiger partial charge is 0.471 e. The molecule has 0 saturated carbocycles. The summed E-state index contributed by atoms with van der Waals surface area (Å²) in [6.45, 7) is 3.19. The maximum Gasteiger partial charge on any atom is 0.251 e. The number of nitrogens with zero attached hydrogens (tertiary/aromatic N) is 7. The molecule has 0 unspecified atom stereocenters. The summed E-state index contributed by atoms with van der Waals surface area (Å²) in [4.78, 5) is 16.6. The van der Waals surface area contributed by atoms with Gasteiger partial charge in [-0.1, -0.05) is 29.4 Å². The number of carbonyl (C=O) groups excluding carboxylic acids is 1. The van der Waals surface area contributed by atoms with E-state index in [4.69, 9.17) is 14.4 Å². The van der Waals surface area contributed by atoms with Crippen molar-refractivity contribution >= 4 is 22.3 Å². The molecule has 0 fully saturated rings. The van der Waals surface area contributed by atoms with Gasteiger partial charge in [0, 0.05) is 34.9 Å². The van der Waals surface area contributed by atoms with E-state index in [1.165, 1.54) is 10.6 Å². The molecule has 2 N–H and O–H groups in total. The van der Waals surface area contributed by atoms with Gasteiger partial charge in [-0.15, -0.1) is 15.3 Å². The highest BCUT2D eigenvalue weighted by Gasteiger charge is 2.20. The molecule has 5 aromatic rings. The molecule has 1 atom stereocenters. The molecule has 2 aromatic carbocycles. The Morgan fingerprint density at radius 3 is 2.78 bits per heavy atom. The van der Waals surface area contributed by atoms with Crippen LogP contribution in [-0.4, -0.2) is 53.6 Å². The first kappa shape index (κ1) is 22.9. The molecular weight excluding hydrogens is 464 g/mol. The number of aromatic nitrogens is 6. The maximum absolute atomic E-state index is 12.4. The van der Waals surface area contributed by atoms with Gasteiger partial charge in [-0.25, -0.2) is 0 Å². The summed E-state index contributed by atoms with van der Waals surface area (Å²) in [5.74, 6) is 0.829. The fourth-order valence-electron chi connectivity index (χ4n) is 3.63. The lowest BCUT2D eigenvalue weighted by atomic mass is 10.0. The average molecular weight is 484 g/mol. The van der Waals surface area contributed by atoms with Crippen molar-refractivity contribution in [3.8, 4) is 23.6 Å². The summed E-state index contributed by atoms with van der Waals surface area (Å²) >= 11 is 0. The number of aliphatic hydroxyl groups is 1. The fourth-order valence-corrected chi connectivity index (χ4v) is 3.63. The quantitative estimate of drug-likeness (QED) is 0.350. The van der Waals surface area contributed by atoms with Crippen LogP contribution in [0.2, 0.25) is 0 Å². The second-order valence-electron chi connectivity index (χ2n) is 8.08. The predicted molar refractivity (Wildman–Crippen MR) is 126 cm³/mol. The molecule has 0 aliphatic rings. The lowest BCUT2D eigenvalue weighted by Gasteiger charge is -2.13. The zero-order valence-electron chi connectivity index (χ0n) is 19.3. The molecule has 36 heavy (non-hydrogen) atoms. The van der Waals surface area contributed by atoms with Gasteiger partial charge in [-0.3, -0.25) is 4.79 Å². The summed E-state index contributed by atoms with van der Waals surface area (Å²) in [6.07, 6.45) is 0. The van der Waals surface area contributed by atoms with Crippen LogP contribution in [0.5, 0.6) is 5.88 Å². The second kappa shape index (κ2) is 9.40. The predicted octanol–water partition coefficient (Wildman–Crippen LogP) is 2.20. The molecule has 5 rings (SSSR count). The number of benzene rings is 2. The van der Waals surface area contributed by atoms with E-state index in [0.717, 1.165) is 5.39 Å². The third kappa shape index (κ3) is 4.19. The zero-order chi connectivity index (χ0) is 25.2. The SMILES string of the molecule is Cc1nc(-c2nnc3c4ccccc4c(OCc4ccc(C(=O)N[C@H](C)CO)cc4C#N)nn23)no1. The molecule has 3 heterocycles. The van der Waals surface area contributed by atoms with Crippen molar-refractivity contribution in [2.45, 2.75) is 26.5 Å². The lowest BCUT2D eigenvalue weighted by molar-refractivity contribution is 0.0922. The van der Waals surface area contributed by atoms with Crippen molar-refractivity contribution in [2.24, 2.45) is 0 Å². The smallest absolute Gasteiger partial charge is 0.251 e. The Balaban J connectivity index is 1.49. The first-order valence-corrected chi connectivity index (χ1v) is 11.0. The topological polar surface area (TPSA) is 164 Å². The van der Waals surface area contributed by atoms with E-state index in [0.29, 0.717) is 39.8 Å². The minimum atomic E-state index is -0.403. The Hall–Kier alpha value is -4.89. The summed E-state index contributed by atoms with van der Waals surface area (Å²) in [5, 5.41) is 39.9. The minimum Gasteiger partial charge on any atom is -0.471 e. The van der Waals surface area contributed by atoms with E-state index >= 15 is 0 Å². The first-order valence-electron chi connectivity index (χ1n) is 11.0. The van der Waals surface area contributed by atoms with E-state index in [-0.39, 0.29) is 30.5 Å². The molecule has 12 heteroatoms. The molecule has 0 aliphatic heterocycles. The van der Waals surface area contributed by atoms with E-state index in [2.05, 4.69) is 36.8 Å². The van der Waals surface area contributed by atoms with Crippen LogP contribution in [-0.2, 0) is 6.61 Å². The van der Waals surface area contributed by atoms with Gasteiger partial charge in [0.25, 0.3) is 5.91 Å². The highest BCUT2D eigenvalue weighted by Crippen LogP contribution is 2.29. The Bertz CT molecular complexity index is 1630. The summed E-state index contributed by atoms with van der Waals surface area (Å²) < 4.78 is 12.6. The van der Waals surface area contributed by atoms with Crippen molar-refractivity contribution < 1.29 is 19.2 Å². The van der Waals surface area contributed by atoms with E-state index in [9.17, 15) is 10.1 Å². The molecule has 12 nitrogen and oxygen atoms in total. The number of ether oxygens (including phenoxy) is 1. The van der Waals surface area contributed by atoms with Crippen molar-refractivity contribution in [1.82, 2.24) is 35.3 Å². The number of rotatable bonds is 7. The maximum atomic E-state index is 12.4. The van der Waals surface area contributed by atoms with Crippen molar-refractivity contribution in [3.63, 3.8) is 0 Å². The minimum absolute atomic E-state index is 0.0269. The van der Waals surface area contributed by atoms with Gasteiger partial charge in [0.05, 0.1) is 18.2 Å². The van der Waals surface area contributed by atoms with Crippen LogP contribution in [0.1, 0.15) is 34.3 Å². The molecular formula is C24H20N8O4. The Labute approximate surface area is 204 Å². The van der Waals surface area contributed by atoms with E-state index < -0.39 is 6.04 Å². The molecule has 180 valence electrons. The number of aryl methyl sites for hydroxylation is 1. The van der Waals surface area contributed by atoms with Gasteiger partial charge >= 0.3 is 0 Å². The number of nitriles is 1. The summed E-state index contributed by atoms with van der Waals surface area (Å²) in [6, 6.07) is 13.9. The zero-order valence-corrected chi connectivity index (χ0v) is 19.3. The van der Waals surface area contributed by atoms with Gasteiger partial charge in [0.2, 0.25) is 23.4 Å². The number of nitrogens with one attached hydrogen (secondary N) is 1. The average Bonchev–Trinajstić information content (AvgIpc) is 3.52. The summed E-state index contributed by atoms with van der Waals surface area (Å²) in [5.41, 5.74) is 1.68. The van der Waals surface area contributed by atoms with Gasteiger partial charge < -0.3 is 19.7 Å². The van der Waals surface area contributed by atoms with Gasteiger partial charge in [-0.2, -0.15) is 14.8 Å². The third-order valence-corrected chi connectivity index (χ3v) is 5.47. The van der Waals surface area contributed by atoms with E-state index in [1.54, 1.807) is 26.0 Å². The van der Waals surface area contributed by atoms with Crippen molar-refractivity contribution in [1.29, 1.82) is 5.26 Å². The molecule has 0 aliphatic carbocycles. The molecule has 0 spiro atoms. The lowest BCUT2D eigenvalue weighted by Crippen LogP contribution is -2.35. The second-order valence-corrected chi connectivity index (χ2v) is 8.08. The van der Waals surface area contributed by atoms with Crippen LogP contribution < -0.4 is 10.1 Å². The van der Waals surface area contributed by atoms with Gasteiger partial charge in [0.15, 0.2) is 5.65 Å². The van der Waals surface area contributed by atoms with Crippen LogP contribution in [0.25, 0.3) is 28.1 Å². The van der Waals surface area contributed by atoms with Crippen molar-refractivity contribution in [2.75, 3.05) is 6.61 Å². The molecule has 0 bridgehead atoms. The highest BCUT2D eigenvalue weighted by molar-refractivity contribution is 5.97. The number of hydrogen-bond donors (Lipinski definition) is 2. The van der Waals surface area contributed by atoms with Crippen LogP contribution in [0.4, 0.5) is 0 Å². The Morgan fingerprint density at radius 1 is 1.25 bits per heavy atom. The Morgan fingerprint density at radius 2 is 2.06 bits per heavy atom. The molecule has 3 aromatic heterocycles. The normalized spacial score (nSPS) is 11.9. The van der Waals surface area contributed by atoms with Crippen molar-refractivity contribution in [3.05, 3.63) is 65.0 Å². The Kier molecular flexibility index (Phi) is 5.97.